The molecule has 0 radical (unpaired) electrons. The number of carbonyl (C=O) groups is 2. The number of fused-ring (bicyclic) bond motifs is 2. The van der Waals surface area contributed by atoms with Crippen molar-refractivity contribution in [2.75, 3.05) is 6.61 Å². The lowest BCUT2D eigenvalue weighted by molar-refractivity contribution is -0.240. The van der Waals surface area contributed by atoms with Gasteiger partial charge in [-0.15, -0.1) is 0 Å². The first kappa shape index (κ1) is 35.3. The monoisotopic (exact) mass is 707 g/mol. The van der Waals surface area contributed by atoms with E-state index in [0.29, 0.717) is 25.4 Å². The fraction of sp³-hybridized carbons (Fsp3) is 0.548. The molecule has 258 valence electrons. The fourth-order valence-corrected chi connectivity index (χ4v) is 8.16. The van der Waals surface area contributed by atoms with Crippen LogP contribution in [0.1, 0.15) is 63.4 Å². The zero-order valence-corrected chi connectivity index (χ0v) is 26.7. The molecule has 3 atom stereocenters. The largest absolute Gasteiger partial charge is 0.493 e. The van der Waals surface area contributed by atoms with E-state index in [0.717, 1.165) is 73.4 Å². The number of rotatable bonds is 10. The number of benzene rings is 2. The number of piperidine rings is 1. The molecule has 2 aromatic carbocycles. The zero-order valence-electron chi connectivity index (χ0n) is 25.2. The molecule has 2 bridgehead atoms. The third kappa shape index (κ3) is 7.68. The highest BCUT2D eigenvalue weighted by Gasteiger charge is 2.60. The van der Waals surface area contributed by atoms with Crippen molar-refractivity contribution in [2.24, 2.45) is 11.7 Å². The number of sulfonamides is 1. The van der Waals surface area contributed by atoms with Gasteiger partial charge in [-0.3, -0.25) is 4.79 Å². The van der Waals surface area contributed by atoms with Gasteiger partial charge in [-0.05, 0) is 85.3 Å². The summed E-state index contributed by atoms with van der Waals surface area (Å²) in [7, 11) is -5.56. The lowest BCUT2D eigenvalue weighted by Crippen LogP contribution is -2.62. The molecule has 1 saturated carbocycles. The quantitative estimate of drug-likeness (QED) is 0.240. The van der Waals surface area contributed by atoms with Crippen LogP contribution in [-0.4, -0.2) is 66.6 Å². The van der Waals surface area contributed by atoms with Crippen molar-refractivity contribution >= 4 is 33.5 Å². The van der Waals surface area contributed by atoms with E-state index in [9.17, 15) is 31.2 Å². The van der Waals surface area contributed by atoms with Crippen molar-refractivity contribution < 1.29 is 49.5 Å². The van der Waals surface area contributed by atoms with Crippen molar-refractivity contribution in [1.82, 2.24) is 9.37 Å². The van der Waals surface area contributed by atoms with Gasteiger partial charge in [-0.2, -0.15) is 22.0 Å². The average molecular weight is 708 g/mol. The van der Waals surface area contributed by atoms with E-state index < -0.39 is 67.1 Å². The van der Waals surface area contributed by atoms with Crippen LogP contribution in [0.4, 0.5) is 22.0 Å². The molecular weight excluding hydrogens is 673 g/mol. The number of nitrogens with two attached hydrogens (primary N) is 1. The molecule has 2 saturated heterocycles. The molecule has 2 heterocycles. The summed E-state index contributed by atoms with van der Waals surface area (Å²) >= 11 is 5.86. The van der Waals surface area contributed by atoms with Gasteiger partial charge in [0.25, 0.3) is 15.9 Å². The van der Waals surface area contributed by atoms with Crippen LogP contribution in [0.5, 0.6) is 5.75 Å². The van der Waals surface area contributed by atoms with E-state index in [4.69, 9.17) is 22.1 Å². The van der Waals surface area contributed by atoms with Crippen molar-refractivity contribution in [3.05, 3.63) is 59.1 Å². The number of nitrogens with zero attached hydrogens (tertiary/aromatic N) is 2. The Morgan fingerprint density at radius 3 is 2.04 bits per heavy atom. The number of hydrogen-bond acceptors (Lipinski definition) is 7. The van der Waals surface area contributed by atoms with E-state index in [-0.39, 0.29) is 29.7 Å². The molecule has 1 aliphatic carbocycles. The van der Waals surface area contributed by atoms with E-state index in [1.807, 2.05) is 0 Å². The SMILES string of the molecule is NC1CC2CCC(C1)N2C(=O)[C@H](N(OC(=O)C(F)(F)F)S(=O)(=O)c1ccc(OCC2CCCCC2)cc1)C(F)(F)c1ccc(Cl)cc1. The third-order valence-corrected chi connectivity index (χ3v) is 10.9. The molecule has 2 aliphatic heterocycles. The average Bonchev–Trinajstić information content (AvgIpc) is 3.30. The minimum atomic E-state index is -5.80. The molecule has 2 unspecified atom stereocenters. The molecule has 1 amide bonds. The highest BCUT2D eigenvalue weighted by atomic mass is 35.5. The van der Waals surface area contributed by atoms with Gasteiger partial charge in [0, 0.05) is 28.7 Å². The van der Waals surface area contributed by atoms with E-state index in [1.165, 1.54) is 12.1 Å². The van der Waals surface area contributed by atoms with Crippen LogP contribution in [0.25, 0.3) is 0 Å². The van der Waals surface area contributed by atoms with Crippen molar-refractivity contribution in [3.8, 4) is 5.75 Å². The molecule has 2 N–H and O–H groups in total. The minimum Gasteiger partial charge on any atom is -0.493 e. The minimum absolute atomic E-state index is 0.0225. The number of alkyl halides is 5. The maximum Gasteiger partial charge on any atom is 0.492 e. The van der Waals surface area contributed by atoms with Crippen molar-refractivity contribution in [3.63, 3.8) is 0 Å². The molecule has 5 rings (SSSR count). The number of carbonyl (C=O) groups excluding carboxylic acids is 2. The molecule has 2 aromatic rings. The second-order valence-electron chi connectivity index (χ2n) is 12.3. The Balaban J connectivity index is 1.56. The number of hydrogen-bond donors (Lipinski definition) is 1. The summed E-state index contributed by atoms with van der Waals surface area (Å²) in [5.41, 5.74) is 5.12. The highest BCUT2D eigenvalue weighted by molar-refractivity contribution is 7.89. The standard InChI is InChI=1S/C31H35ClF5N3O6S/c32-21-8-6-20(7-9-21)30(33,34)27(28(41)39-23-10-11-24(39)17-22(38)16-23)40(46-29(42)31(35,36)37)47(43,44)26-14-12-25(13-15-26)45-18-19-4-2-1-3-5-19/h6-9,12-15,19,22-24,27H,1-5,10-11,16-18,38H2/t22?,23?,24?,27-/m0/s1. The van der Waals surface area contributed by atoms with Gasteiger partial charge in [0.05, 0.1) is 11.5 Å². The van der Waals surface area contributed by atoms with Gasteiger partial charge in [0.1, 0.15) is 5.75 Å². The second kappa shape index (κ2) is 13.8. The first-order valence-electron chi connectivity index (χ1n) is 15.4. The number of ether oxygens (including phenoxy) is 1. The van der Waals surface area contributed by atoms with Gasteiger partial charge < -0.3 is 20.2 Å². The summed E-state index contributed by atoms with van der Waals surface area (Å²) < 4.78 is 107. The van der Waals surface area contributed by atoms with Crippen LogP contribution in [0.15, 0.2) is 53.4 Å². The van der Waals surface area contributed by atoms with Gasteiger partial charge in [0.15, 0.2) is 0 Å². The predicted molar refractivity (Wildman–Crippen MR) is 160 cm³/mol. The van der Waals surface area contributed by atoms with Crippen LogP contribution in [0.3, 0.4) is 0 Å². The van der Waals surface area contributed by atoms with Gasteiger partial charge >= 0.3 is 18.1 Å². The van der Waals surface area contributed by atoms with Crippen LogP contribution >= 0.6 is 11.6 Å². The molecule has 9 nitrogen and oxygen atoms in total. The molecule has 0 aromatic heterocycles. The number of hydroxylamine groups is 1. The van der Waals surface area contributed by atoms with E-state index in [1.54, 1.807) is 0 Å². The summed E-state index contributed by atoms with van der Waals surface area (Å²) in [6.07, 6.45) is 0.519. The molecular formula is C31H35ClF5N3O6S. The lowest BCUT2D eigenvalue weighted by Gasteiger charge is -2.42. The Bertz CT molecular complexity index is 1520. The first-order valence-corrected chi connectivity index (χ1v) is 17.2. The normalized spacial score (nSPS) is 23.1. The summed E-state index contributed by atoms with van der Waals surface area (Å²) in [4.78, 5) is 30.8. The zero-order chi connectivity index (χ0) is 34.1. The van der Waals surface area contributed by atoms with Crippen molar-refractivity contribution in [2.45, 2.75) is 98.9 Å². The summed E-state index contributed by atoms with van der Waals surface area (Å²) in [5, 5.41) is 0.0225. The number of halogens is 6. The maximum atomic E-state index is 16.6. The number of amides is 1. The Morgan fingerprint density at radius 2 is 1.49 bits per heavy atom. The smallest absolute Gasteiger partial charge is 0.492 e. The topological polar surface area (TPSA) is 119 Å². The highest BCUT2D eigenvalue weighted by Crippen LogP contribution is 2.43. The van der Waals surface area contributed by atoms with Crippen LogP contribution in [0.2, 0.25) is 5.02 Å². The van der Waals surface area contributed by atoms with Gasteiger partial charge in [-0.25, -0.2) is 13.2 Å². The van der Waals surface area contributed by atoms with Crippen LogP contribution < -0.4 is 10.5 Å². The Morgan fingerprint density at radius 1 is 0.915 bits per heavy atom. The Kier molecular flexibility index (Phi) is 10.4. The summed E-state index contributed by atoms with van der Waals surface area (Å²) in [5.74, 6) is -8.64. The van der Waals surface area contributed by atoms with E-state index in [2.05, 4.69) is 4.84 Å². The Hall–Kier alpha value is -3.01. The van der Waals surface area contributed by atoms with Crippen molar-refractivity contribution in [1.29, 1.82) is 0 Å². The predicted octanol–water partition coefficient (Wildman–Crippen LogP) is 5.95. The summed E-state index contributed by atoms with van der Waals surface area (Å²) in [6, 6.07) is 2.97. The molecule has 16 heteroatoms. The molecule has 3 aliphatic rings. The Labute approximate surface area is 274 Å². The van der Waals surface area contributed by atoms with E-state index >= 15 is 8.78 Å². The molecule has 3 fully saturated rings. The summed E-state index contributed by atoms with van der Waals surface area (Å²) in [6.45, 7) is 0.354. The molecule has 47 heavy (non-hydrogen) atoms. The van der Waals surface area contributed by atoms with Gasteiger partial charge in [-0.1, -0.05) is 43.0 Å². The maximum absolute atomic E-state index is 16.6. The molecule has 0 spiro atoms. The van der Waals surface area contributed by atoms with Crippen LogP contribution in [-0.2, 0) is 30.4 Å². The third-order valence-electron chi connectivity index (χ3n) is 9.01. The first-order chi connectivity index (χ1) is 22.1. The fourth-order valence-electron chi connectivity index (χ4n) is 6.68. The van der Waals surface area contributed by atoms with Gasteiger partial charge in [0.2, 0.25) is 6.04 Å². The lowest BCUT2D eigenvalue weighted by atomic mass is 9.90. The second-order valence-corrected chi connectivity index (χ2v) is 14.5. The van der Waals surface area contributed by atoms with Crippen LogP contribution in [0, 0.1) is 5.92 Å².